The summed E-state index contributed by atoms with van der Waals surface area (Å²) in [5.41, 5.74) is 5.85. The van der Waals surface area contributed by atoms with Crippen LogP contribution in [-0.4, -0.2) is 24.8 Å². The summed E-state index contributed by atoms with van der Waals surface area (Å²) in [5.74, 6) is 0. The van der Waals surface area contributed by atoms with E-state index in [4.69, 9.17) is 4.98 Å². The van der Waals surface area contributed by atoms with E-state index < -0.39 is 0 Å². The Balaban J connectivity index is 1.79. The predicted octanol–water partition coefficient (Wildman–Crippen LogP) is 3.54. The third kappa shape index (κ3) is 2.16. The third-order valence-electron chi connectivity index (χ3n) is 4.60. The molecule has 3 aromatic heterocycles. The fourth-order valence-corrected chi connectivity index (χ4v) is 3.35. The molecular weight excluding hydrogens is 326 g/mol. The Morgan fingerprint density at radius 2 is 1.85 bits per heavy atom. The number of hydrogen-bond acceptors (Lipinski definition) is 3. The van der Waals surface area contributed by atoms with Gasteiger partial charge in [0.05, 0.1) is 17.4 Å². The maximum absolute atomic E-state index is 12.7. The monoisotopic (exact) mass is 341 g/mol. The highest BCUT2D eigenvalue weighted by Crippen LogP contribution is 2.28. The molecule has 0 aliphatic heterocycles. The predicted molar refractivity (Wildman–Crippen MR) is 101 cm³/mol. The Bertz CT molecular complexity index is 1310. The second kappa shape index (κ2) is 5.42. The van der Waals surface area contributed by atoms with Crippen LogP contribution in [0.1, 0.15) is 5.69 Å². The molecule has 2 aromatic carbocycles. The van der Waals surface area contributed by atoms with Crippen molar-refractivity contribution in [2.24, 2.45) is 0 Å². The molecule has 26 heavy (non-hydrogen) atoms. The molecule has 0 fully saturated rings. The lowest BCUT2D eigenvalue weighted by molar-refractivity contribution is 0.882. The van der Waals surface area contributed by atoms with Crippen molar-refractivity contribution in [2.45, 2.75) is 6.92 Å². The third-order valence-corrected chi connectivity index (χ3v) is 4.60. The van der Waals surface area contributed by atoms with Crippen LogP contribution in [0.4, 0.5) is 0 Å². The standard InChI is InChI=1S/C20H15N5O/c1-12-19(13-5-3-2-4-6-13)20-22-17(10-18(26)25(20)24-12)14-7-8-16-15(9-14)11-21-23-16/h2-11,24H,1H3,(H,21,23). The van der Waals surface area contributed by atoms with Crippen molar-refractivity contribution in [3.05, 3.63) is 76.8 Å². The van der Waals surface area contributed by atoms with Gasteiger partial charge in [0.1, 0.15) is 0 Å². The molecular formula is C20H15N5O. The van der Waals surface area contributed by atoms with Gasteiger partial charge >= 0.3 is 0 Å². The van der Waals surface area contributed by atoms with Gasteiger partial charge in [-0.05, 0) is 24.6 Å². The van der Waals surface area contributed by atoms with Gasteiger partial charge in [-0.2, -0.15) is 5.10 Å². The van der Waals surface area contributed by atoms with Gasteiger partial charge in [-0.1, -0.05) is 36.4 Å². The van der Waals surface area contributed by atoms with E-state index in [1.807, 2.05) is 55.5 Å². The van der Waals surface area contributed by atoms with Crippen LogP contribution in [0.3, 0.4) is 0 Å². The number of benzene rings is 2. The van der Waals surface area contributed by atoms with Gasteiger partial charge < -0.3 is 0 Å². The van der Waals surface area contributed by atoms with E-state index in [0.717, 1.165) is 33.3 Å². The zero-order valence-corrected chi connectivity index (χ0v) is 14.0. The molecule has 5 aromatic rings. The maximum atomic E-state index is 12.7. The molecule has 0 radical (unpaired) electrons. The molecule has 2 N–H and O–H groups in total. The van der Waals surface area contributed by atoms with Gasteiger partial charge in [-0.25, -0.2) is 9.50 Å². The zero-order valence-electron chi connectivity index (χ0n) is 14.0. The summed E-state index contributed by atoms with van der Waals surface area (Å²) in [5, 5.41) is 11.1. The highest BCUT2D eigenvalue weighted by Gasteiger charge is 2.15. The van der Waals surface area contributed by atoms with Crippen molar-refractivity contribution in [1.29, 1.82) is 0 Å². The van der Waals surface area contributed by atoms with E-state index in [2.05, 4.69) is 15.3 Å². The number of aromatic amines is 2. The summed E-state index contributed by atoms with van der Waals surface area (Å²) in [6.45, 7) is 1.95. The number of fused-ring (bicyclic) bond motifs is 2. The molecule has 0 bridgehead atoms. The fraction of sp³-hybridized carbons (Fsp3) is 0.0500. The van der Waals surface area contributed by atoms with Gasteiger partial charge in [0.15, 0.2) is 5.65 Å². The molecule has 126 valence electrons. The van der Waals surface area contributed by atoms with Crippen LogP contribution in [0.2, 0.25) is 0 Å². The minimum atomic E-state index is -0.137. The van der Waals surface area contributed by atoms with E-state index in [-0.39, 0.29) is 5.56 Å². The first-order valence-electron chi connectivity index (χ1n) is 8.32. The number of hydrogen-bond donors (Lipinski definition) is 2. The molecule has 0 saturated heterocycles. The summed E-state index contributed by atoms with van der Waals surface area (Å²) in [6.07, 6.45) is 1.76. The molecule has 0 aliphatic rings. The second-order valence-corrected chi connectivity index (χ2v) is 6.29. The molecule has 0 unspecified atom stereocenters. The van der Waals surface area contributed by atoms with E-state index >= 15 is 0 Å². The molecule has 0 amide bonds. The fourth-order valence-electron chi connectivity index (χ4n) is 3.35. The van der Waals surface area contributed by atoms with Crippen LogP contribution in [0.15, 0.2) is 65.6 Å². The summed E-state index contributed by atoms with van der Waals surface area (Å²) < 4.78 is 1.50. The molecule has 3 heterocycles. The number of aromatic nitrogens is 5. The SMILES string of the molecule is Cc1[nH]n2c(=O)cc(-c3ccc4[nH]ncc4c3)nc2c1-c1ccccc1. The topological polar surface area (TPSA) is 78.8 Å². The highest BCUT2D eigenvalue weighted by molar-refractivity contribution is 5.85. The lowest BCUT2D eigenvalue weighted by Gasteiger charge is -2.04. The Morgan fingerprint density at radius 1 is 1.00 bits per heavy atom. The minimum absolute atomic E-state index is 0.137. The molecule has 6 nitrogen and oxygen atoms in total. The molecule has 0 atom stereocenters. The van der Waals surface area contributed by atoms with Crippen molar-refractivity contribution >= 4 is 16.6 Å². The molecule has 0 aliphatic carbocycles. The van der Waals surface area contributed by atoms with Crippen molar-refractivity contribution in [3.8, 4) is 22.4 Å². The van der Waals surface area contributed by atoms with Crippen molar-refractivity contribution in [3.63, 3.8) is 0 Å². The Hall–Kier alpha value is -3.67. The number of nitrogens with zero attached hydrogens (tertiary/aromatic N) is 3. The molecule has 5 rings (SSSR count). The highest BCUT2D eigenvalue weighted by atomic mass is 16.1. The number of rotatable bonds is 2. The van der Waals surface area contributed by atoms with Gasteiger partial charge in [0, 0.05) is 28.3 Å². The lowest BCUT2D eigenvalue weighted by Crippen LogP contribution is -2.14. The van der Waals surface area contributed by atoms with E-state index in [1.54, 1.807) is 12.3 Å². The Morgan fingerprint density at radius 3 is 2.69 bits per heavy atom. The smallest absolute Gasteiger partial charge is 0.273 e. The summed E-state index contributed by atoms with van der Waals surface area (Å²) in [4.78, 5) is 17.5. The van der Waals surface area contributed by atoms with Crippen LogP contribution in [0.5, 0.6) is 0 Å². The van der Waals surface area contributed by atoms with Gasteiger partial charge in [-0.3, -0.25) is 15.0 Å². The summed E-state index contributed by atoms with van der Waals surface area (Å²) in [6, 6.07) is 17.4. The van der Waals surface area contributed by atoms with Crippen LogP contribution >= 0.6 is 0 Å². The van der Waals surface area contributed by atoms with Crippen LogP contribution in [0, 0.1) is 6.92 Å². The quantitative estimate of drug-likeness (QED) is 0.515. The number of aryl methyl sites for hydroxylation is 1. The first kappa shape index (κ1) is 14.7. The van der Waals surface area contributed by atoms with Crippen LogP contribution in [-0.2, 0) is 0 Å². The van der Waals surface area contributed by atoms with Crippen LogP contribution < -0.4 is 5.56 Å². The first-order chi connectivity index (χ1) is 12.7. The average Bonchev–Trinajstić information content (AvgIpc) is 3.25. The lowest BCUT2D eigenvalue weighted by atomic mass is 10.1. The van der Waals surface area contributed by atoms with Crippen LogP contribution in [0.25, 0.3) is 38.9 Å². The largest absolute Gasteiger partial charge is 0.293 e. The molecule has 0 spiro atoms. The van der Waals surface area contributed by atoms with Crippen molar-refractivity contribution in [2.75, 3.05) is 0 Å². The normalized spacial score (nSPS) is 11.4. The summed E-state index contributed by atoms with van der Waals surface area (Å²) in [7, 11) is 0. The number of H-pyrrole nitrogens is 2. The second-order valence-electron chi connectivity index (χ2n) is 6.29. The Labute approximate surface area is 148 Å². The number of nitrogens with one attached hydrogen (secondary N) is 2. The molecule has 6 heteroatoms. The average molecular weight is 341 g/mol. The van der Waals surface area contributed by atoms with E-state index in [1.165, 1.54) is 4.52 Å². The van der Waals surface area contributed by atoms with Gasteiger partial charge in [0.2, 0.25) is 0 Å². The molecule has 0 saturated carbocycles. The first-order valence-corrected chi connectivity index (χ1v) is 8.32. The summed E-state index contributed by atoms with van der Waals surface area (Å²) >= 11 is 0. The van der Waals surface area contributed by atoms with Gasteiger partial charge in [-0.15, -0.1) is 0 Å². The maximum Gasteiger partial charge on any atom is 0.273 e. The van der Waals surface area contributed by atoms with E-state index in [9.17, 15) is 4.79 Å². The van der Waals surface area contributed by atoms with Gasteiger partial charge in [0.25, 0.3) is 5.56 Å². The minimum Gasteiger partial charge on any atom is -0.293 e. The Kier molecular flexibility index (Phi) is 3.05. The van der Waals surface area contributed by atoms with Crippen molar-refractivity contribution < 1.29 is 0 Å². The zero-order chi connectivity index (χ0) is 17.7. The van der Waals surface area contributed by atoms with E-state index in [0.29, 0.717) is 11.3 Å². The van der Waals surface area contributed by atoms with Crippen molar-refractivity contribution in [1.82, 2.24) is 24.8 Å².